The molecule has 0 aliphatic heterocycles. The van der Waals surface area contributed by atoms with Crippen LogP contribution in [0.25, 0.3) is 0 Å². The summed E-state index contributed by atoms with van der Waals surface area (Å²) in [6.45, 7) is 5.05. The van der Waals surface area contributed by atoms with Crippen LogP contribution in [-0.2, 0) is 11.9 Å². The molecule has 1 aromatic rings. The zero-order chi connectivity index (χ0) is 12.0. The molecular formula is C12H17BrO3. The second-order valence-electron chi connectivity index (χ2n) is 3.22. The number of halogens is 1. The van der Waals surface area contributed by atoms with Crippen molar-refractivity contribution in [2.75, 3.05) is 13.2 Å². The second kappa shape index (κ2) is 6.76. The van der Waals surface area contributed by atoms with Crippen molar-refractivity contribution in [3.63, 3.8) is 0 Å². The van der Waals surface area contributed by atoms with Gasteiger partial charge in [0.05, 0.1) is 19.8 Å². The fourth-order valence-electron chi connectivity index (χ4n) is 1.50. The van der Waals surface area contributed by atoms with Crippen molar-refractivity contribution >= 4 is 15.9 Å². The standard InChI is InChI=1S/C12H17BrO3/c1-3-15-10-5-9(8-14)11(7-13)12(6-10)16-4-2/h5-6,14H,3-4,7-8H2,1-2H3. The summed E-state index contributed by atoms with van der Waals surface area (Å²) in [6, 6.07) is 3.71. The van der Waals surface area contributed by atoms with Crippen molar-refractivity contribution in [2.24, 2.45) is 0 Å². The van der Waals surface area contributed by atoms with Gasteiger partial charge in [-0.1, -0.05) is 15.9 Å². The molecule has 0 saturated carbocycles. The molecule has 0 spiro atoms. The molecule has 0 amide bonds. The quantitative estimate of drug-likeness (QED) is 0.818. The molecule has 16 heavy (non-hydrogen) atoms. The Morgan fingerprint density at radius 2 is 1.88 bits per heavy atom. The highest BCUT2D eigenvalue weighted by atomic mass is 79.9. The predicted octanol–water partition coefficient (Wildman–Crippen LogP) is 2.87. The number of aliphatic hydroxyl groups is 1. The molecule has 0 atom stereocenters. The van der Waals surface area contributed by atoms with E-state index in [4.69, 9.17) is 9.47 Å². The number of benzene rings is 1. The summed E-state index contributed by atoms with van der Waals surface area (Å²) in [6.07, 6.45) is 0. The fourth-order valence-corrected chi connectivity index (χ4v) is 2.14. The average molecular weight is 289 g/mol. The molecule has 0 heterocycles. The Morgan fingerprint density at radius 1 is 1.19 bits per heavy atom. The molecule has 1 N–H and O–H groups in total. The normalized spacial score (nSPS) is 10.2. The maximum atomic E-state index is 9.30. The molecule has 0 fully saturated rings. The van der Waals surface area contributed by atoms with E-state index in [1.165, 1.54) is 0 Å². The summed E-state index contributed by atoms with van der Waals surface area (Å²) < 4.78 is 11.0. The van der Waals surface area contributed by atoms with Gasteiger partial charge >= 0.3 is 0 Å². The lowest BCUT2D eigenvalue weighted by atomic mass is 10.1. The topological polar surface area (TPSA) is 38.7 Å². The lowest BCUT2D eigenvalue weighted by Gasteiger charge is -2.14. The summed E-state index contributed by atoms with van der Waals surface area (Å²) in [7, 11) is 0. The molecule has 4 heteroatoms. The van der Waals surface area contributed by atoms with Crippen LogP contribution in [0.3, 0.4) is 0 Å². The van der Waals surface area contributed by atoms with Crippen LogP contribution in [-0.4, -0.2) is 18.3 Å². The number of ether oxygens (including phenoxy) is 2. The highest BCUT2D eigenvalue weighted by Crippen LogP contribution is 2.31. The van der Waals surface area contributed by atoms with Crippen LogP contribution in [0.4, 0.5) is 0 Å². The molecule has 0 aliphatic carbocycles. The van der Waals surface area contributed by atoms with Crippen LogP contribution in [0.5, 0.6) is 11.5 Å². The van der Waals surface area contributed by atoms with Crippen molar-refractivity contribution in [3.8, 4) is 11.5 Å². The van der Waals surface area contributed by atoms with Gasteiger partial charge in [-0.3, -0.25) is 0 Å². The van der Waals surface area contributed by atoms with Gasteiger partial charge in [0.1, 0.15) is 11.5 Å². The van der Waals surface area contributed by atoms with Gasteiger partial charge in [-0.2, -0.15) is 0 Å². The van der Waals surface area contributed by atoms with E-state index in [0.29, 0.717) is 18.5 Å². The molecule has 0 bridgehead atoms. The Hall–Kier alpha value is -0.740. The molecule has 0 aromatic heterocycles. The molecule has 3 nitrogen and oxygen atoms in total. The van der Waals surface area contributed by atoms with Crippen LogP contribution >= 0.6 is 15.9 Å². The summed E-state index contributed by atoms with van der Waals surface area (Å²) in [5.41, 5.74) is 1.82. The van der Waals surface area contributed by atoms with Gasteiger partial charge in [-0.25, -0.2) is 0 Å². The van der Waals surface area contributed by atoms with Gasteiger partial charge < -0.3 is 14.6 Å². The van der Waals surface area contributed by atoms with E-state index < -0.39 is 0 Å². The van der Waals surface area contributed by atoms with E-state index >= 15 is 0 Å². The zero-order valence-corrected chi connectivity index (χ0v) is 11.2. The van der Waals surface area contributed by atoms with E-state index in [-0.39, 0.29) is 6.61 Å². The van der Waals surface area contributed by atoms with Crippen LogP contribution in [0.1, 0.15) is 25.0 Å². The van der Waals surface area contributed by atoms with E-state index in [9.17, 15) is 5.11 Å². The Morgan fingerprint density at radius 3 is 2.38 bits per heavy atom. The third-order valence-corrected chi connectivity index (χ3v) is 2.75. The lowest BCUT2D eigenvalue weighted by molar-refractivity contribution is 0.275. The first-order chi connectivity index (χ1) is 7.76. The fraction of sp³-hybridized carbons (Fsp3) is 0.500. The first-order valence-corrected chi connectivity index (χ1v) is 6.47. The molecular weight excluding hydrogens is 272 g/mol. The molecule has 90 valence electrons. The highest BCUT2D eigenvalue weighted by molar-refractivity contribution is 9.08. The lowest BCUT2D eigenvalue weighted by Crippen LogP contribution is -2.02. The van der Waals surface area contributed by atoms with Gasteiger partial charge in [0.2, 0.25) is 0 Å². The van der Waals surface area contributed by atoms with E-state index in [1.54, 1.807) is 0 Å². The number of alkyl halides is 1. The smallest absolute Gasteiger partial charge is 0.127 e. The highest BCUT2D eigenvalue weighted by Gasteiger charge is 2.11. The van der Waals surface area contributed by atoms with E-state index in [1.807, 2.05) is 26.0 Å². The Kier molecular flexibility index (Phi) is 5.63. The van der Waals surface area contributed by atoms with Crippen molar-refractivity contribution in [1.29, 1.82) is 0 Å². The van der Waals surface area contributed by atoms with E-state index in [0.717, 1.165) is 22.6 Å². The summed E-state index contributed by atoms with van der Waals surface area (Å²) in [4.78, 5) is 0. The van der Waals surface area contributed by atoms with Crippen molar-refractivity contribution in [3.05, 3.63) is 23.3 Å². The van der Waals surface area contributed by atoms with Crippen LogP contribution in [0.2, 0.25) is 0 Å². The van der Waals surface area contributed by atoms with Gasteiger partial charge in [0.25, 0.3) is 0 Å². The maximum Gasteiger partial charge on any atom is 0.127 e. The summed E-state index contributed by atoms with van der Waals surface area (Å²) >= 11 is 3.40. The monoisotopic (exact) mass is 288 g/mol. The minimum absolute atomic E-state index is 0.0120. The van der Waals surface area contributed by atoms with Crippen molar-refractivity contribution in [1.82, 2.24) is 0 Å². The average Bonchev–Trinajstić information content (AvgIpc) is 2.29. The first-order valence-electron chi connectivity index (χ1n) is 5.35. The third kappa shape index (κ3) is 3.12. The first kappa shape index (κ1) is 13.3. The summed E-state index contributed by atoms with van der Waals surface area (Å²) in [5.74, 6) is 1.51. The molecule has 0 radical (unpaired) electrons. The van der Waals surface area contributed by atoms with Gasteiger partial charge in [0.15, 0.2) is 0 Å². The number of hydrogen-bond donors (Lipinski definition) is 1. The molecule has 0 aliphatic rings. The number of rotatable bonds is 6. The van der Waals surface area contributed by atoms with Crippen LogP contribution in [0.15, 0.2) is 12.1 Å². The largest absolute Gasteiger partial charge is 0.494 e. The SMILES string of the molecule is CCOc1cc(CO)c(CBr)c(OCC)c1. The van der Waals surface area contributed by atoms with Gasteiger partial charge in [0, 0.05) is 17.0 Å². The minimum atomic E-state index is -0.0120. The van der Waals surface area contributed by atoms with Crippen LogP contribution in [0, 0.1) is 0 Å². The molecule has 0 unspecified atom stereocenters. The molecule has 0 saturated heterocycles. The second-order valence-corrected chi connectivity index (χ2v) is 3.78. The maximum absolute atomic E-state index is 9.30. The molecule has 1 aromatic carbocycles. The van der Waals surface area contributed by atoms with Crippen LogP contribution < -0.4 is 9.47 Å². The minimum Gasteiger partial charge on any atom is -0.494 e. The van der Waals surface area contributed by atoms with Crippen molar-refractivity contribution in [2.45, 2.75) is 25.8 Å². The van der Waals surface area contributed by atoms with Gasteiger partial charge in [-0.15, -0.1) is 0 Å². The number of aliphatic hydroxyl groups excluding tert-OH is 1. The van der Waals surface area contributed by atoms with E-state index in [2.05, 4.69) is 15.9 Å². The third-order valence-electron chi connectivity index (χ3n) is 2.19. The Bertz CT molecular complexity index is 339. The van der Waals surface area contributed by atoms with Gasteiger partial charge in [-0.05, 0) is 25.5 Å². The Balaban J connectivity index is 3.14. The Labute approximate surface area is 105 Å². The molecule has 1 rings (SSSR count). The summed E-state index contributed by atoms with van der Waals surface area (Å²) in [5, 5.41) is 9.96. The zero-order valence-electron chi connectivity index (χ0n) is 9.62. The van der Waals surface area contributed by atoms with Crippen molar-refractivity contribution < 1.29 is 14.6 Å². The number of hydrogen-bond acceptors (Lipinski definition) is 3. The predicted molar refractivity (Wildman–Crippen MR) is 67.3 cm³/mol.